The lowest BCUT2D eigenvalue weighted by Gasteiger charge is -2.16. The van der Waals surface area contributed by atoms with Gasteiger partial charge in [0.05, 0.1) is 40.9 Å². The predicted molar refractivity (Wildman–Crippen MR) is 196 cm³/mol. The van der Waals surface area contributed by atoms with E-state index in [-0.39, 0.29) is 59.2 Å². The van der Waals surface area contributed by atoms with Crippen LogP contribution in [0.15, 0.2) is 51.7 Å². The number of nitrogens with one attached hydrogen (secondary N) is 1. The number of carbonyl (C=O) groups is 3. The van der Waals surface area contributed by atoms with E-state index < -0.39 is 39.3 Å². The lowest BCUT2D eigenvalue weighted by Crippen LogP contribution is -2.29. The van der Waals surface area contributed by atoms with Crippen LogP contribution in [0, 0.1) is 32.1 Å². The van der Waals surface area contributed by atoms with Crippen molar-refractivity contribution in [3.63, 3.8) is 0 Å². The second-order valence-electron chi connectivity index (χ2n) is 11.7. The standard InChI is InChI=1S/C34H34N10O8S2/c1-7-51-31(47)28-27(29(32(48)52-8-2)39-33(38-28)37-26-19(4)13-18(3)14-20(26)5)40-41-30-21(16-35)17-44(42-30)34-36-23-15-22(9-10-24(23)53-34)54(49,50)43(6)12-11-25(45)46/h9-10,13-15,17H,7-8,11-12H2,1-6H3,(H,45,46)(H,37,38,39). The molecule has 0 atom stereocenters. The van der Waals surface area contributed by atoms with Gasteiger partial charge in [-0.15, -0.1) is 15.3 Å². The van der Waals surface area contributed by atoms with Gasteiger partial charge in [0.1, 0.15) is 11.6 Å². The van der Waals surface area contributed by atoms with Crippen LogP contribution in [-0.4, -0.2) is 87.3 Å². The molecule has 20 heteroatoms. The van der Waals surface area contributed by atoms with Crippen LogP contribution in [0.25, 0.3) is 15.3 Å². The quantitative estimate of drug-likeness (QED) is 0.102. The van der Waals surface area contributed by atoms with E-state index in [0.29, 0.717) is 15.9 Å². The van der Waals surface area contributed by atoms with Gasteiger partial charge in [-0.05, 0) is 63.9 Å². The van der Waals surface area contributed by atoms with E-state index in [2.05, 4.69) is 35.6 Å². The van der Waals surface area contributed by atoms with E-state index in [9.17, 15) is 28.1 Å². The zero-order valence-corrected chi connectivity index (χ0v) is 31.6. The van der Waals surface area contributed by atoms with Gasteiger partial charge in [-0.2, -0.15) is 5.26 Å². The number of nitrogens with zero attached hydrogens (tertiary/aromatic N) is 9. The Balaban J connectivity index is 1.55. The summed E-state index contributed by atoms with van der Waals surface area (Å²) in [7, 11) is -2.73. The number of sulfonamides is 1. The molecule has 5 rings (SSSR count). The van der Waals surface area contributed by atoms with E-state index in [1.165, 1.54) is 30.1 Å². The lowest BCUT2D eigenvalue weighted by molar-refractivity contribution is -0.137. The summed E-state index contributed by atoms with van der Waals surface area (Å²) in [6, 6.07) is 10.2. The Morgan fingerprint density at radius 1 is 1.00 bits per heavy atom. The van der Waals surface area contributed by atoms with Crippen molar-refractivity contribution >= 4 is 72.6 Å². The molecule has 0 bridgehead atoms. The Kier molecular flexibility index (Phi) is 11.7. The minimum Gasteiger partial charge on any atom is -0.481 e. The fourth-order valence-electron chi connectivity index (χ4n) is 5.20. The number of carboxylic acids is 1. The number of rotatable bonds is 14. The molecule has 0 amide bonds. The molecule has 280 valence electrons. The number of carbonyl (C=O) groups excluding carboxylic acids is 2. The highest BCUT2D eigenvalue weighted by molar-refractivity contribution is 7.89. The molecule has 3 heterocycles. The highest BCUT2D eigenvalue weighted by Crippen LogP contribution is 2.33. The number of benzene rings is 2. The van der Waals surface area contributed by atoms with Gasteiger partial charge in [0.2, 0.25) is 26.9 Å². The zero-order valence-electron chi connectivity index (χ0n) is 29.9. The van der Waals surface area contributed by atoms with Crippen LogP contribution in [0.2, 0.25) is 0 Å². The molecule has 3 aromatic heterocycles. The molecule has 0 aliphatic rings. The van der Waals surface area contributed by atoms with Crippen molar-refractivity contribution < 1.29 is 37.4 Å². The first-order valence-electron chi connectivity index (χ1n) is 16.3. The number of carboxylic acid groups (broad SMARTS) is 1. The fourth-order valence-corrected chi connectivity index (χ4v) is 7.26. The third kappa shape index (κ3) is 8.38. The molecule has 0 unspecified atom stereocenters. The summed E-state index contributed by atoms with van der Waals surface area (Å²) in [4.78, 5) is 50.5. The maximum Gasteiger partial charge on any atom is 0.359 e. The first-order valence-corrected chi connectivity index (χ1v) is 18.5. The molecular formula is C34H34N10O8S2. The van der Waals surface area contributed by atoms with Crippen molar-refractivity contribution in [2.24, 2.45) is 10.2 Å². The van der Waals surface area contributed by atoms with Crippen molar-refractivity contribution in [2.75, 3.05) is 32.1 Å². The van der Waals surface area contributed by atoms with Gasteiger partial charge in [-0.25, -0.2) is 41.9 Å². The second kappa shape index (κ2) is 16.2. The number of ether oxygens (including phenoxy) is 2. The smallest absolute Gasteiger partial charge is 0.359 e. The number of hydrogen-bond donors (Lipinski definition) is 2. The summed E-state index contributed by atoms with van der Waals surface area (Å²) in [5.74, 6) is -3.29. The van der Waals surface area contributed by atoms with E-state index in [1.807, 2.05) is 39.0 Å². The summed E-state index contributed by atoms with van der Waals surface area (Å²) in [6.45, 7) is 8.66. The number of aryl methyl sites for hydroxylation is 3. The minimum atomic E-state index is -4.01. The topological polar surface area (TPSA) is 244 Å². The molecule has 2 aromatic carbocycles. The number of aliphatic carboxylic acids is 1. The van der Waals surface area contributed by atoms with Crippen molar-refractivity contribution in [3.8, 4) is 11.2 Å². The van der Waals surface area contributed by atoms with Crippen LogP contribution in [-0.2, 0) is 24.3 Å². The summed E-state index contributed by atoms with van der Waals surface area (Å²) in [5, 5.41) is 34.8. The Bertz CT molecular complexity index is 2410. The van der Waals surface area contributed by atoms with Crippen LogP contribution in [0.1, 0.15) is 63.5 Å². The van der Waals surface area contributed by atoms with Gasteiger partial charge in [-0.3, -0.25) is 4.79 Å². The Labute approximate surface area is 313 Å². The number of esters is 2. The third-order valence-electron chi connectivity index (χ3n) is 7.69. The molecule has 0 spiro atoms. The predicted octanol–water partition coefficient (Wildman–Crippen LogP) is 5.68. The largest absolute Gasteiger partial charge is 0.481 e. The van der Waals surface area contributed by atoms with E-state index in [0.717, 1.165) is 32.3 Å². The summed E-state index contributed by atoms with van der Waals surface area (Å²) in [6.07, 6.45) is 0.966. The molecule has 0 fully saturated rings. The number of anilines is 2. The molecular weight excluding hydrogens is 741 g/mol. The average molecular weight is 775 g/mol. The van der Waals surface area contributed by atoms with E-state index >= 15 is 0 Å². The molecule has 0 saturated heterocycles. The zero-order chi connectivity index (χ0) is 39.3. The number of fused-ring (bicyclic) bond motifs is 1. The Hall–Kier alpha value is -6.17. The molecule has 5 aromatic rings. The van der Waals surface area contributed by atoms with E-state index in [4.69, 9.17) is 14.6 Å². The molecule has 0 aliphatic carbocycles. The van der Waals surface area contributed by atoms with Crippen LogP contribution in [0.3, 0.4) is 0 Å². The molecule has 0 saturated carbocycles. The first kappa shape index (κ1) is 39.0. The van der Waals surface area contributed by atoms with Gasteiger partial charge in [-0.1, -0.05) is 29.0 Å². The maximum atomic E-state index is 13.2. The SMILES string of the molecule is CCOC(=O)c1nc(Nc2c(C)cc(C)cc2C)nc(C(=O)OCC)c1N=Nc1nn(-c2nc3cc(S(=O)(=O)N(C)CCC(=O)O)ccc3s2)cc1C#N. The third-order valence-corrected chi connectivity index (χ3v) is 10.6. The molecule has 54 heavy (non-hydrogen) atoms. The number of nitriles is 1. The maximum absolute atomic E-state index is 13.2. The van der Waals surface area contributed by atoms with Crippen molar-refractivity contribution in [3.05, 3.63) is 70.2 Å². The Morgan fingerprint density at radius 2 is 1.63 bits per heavy atom. The number of thiazole rings is 1. The molecule has 0 aliphatic heterocycles. The summed E-state index contributed by atoms with van der Waals surface area (Å²) >= 11 is 1.14. The molecule has 0 radical (unpaired) electrons. The highest BCUT2D eigenvalue weighted by atomic mass is 32.2. The Morgan fingerprint density at radius 3 is 2.20 bits per heavy atom. The fraction of sp³-hybridized carbons (Fsp3) is 0.294. The van der Waals surface area contributed by atoms with Crippen molar-refractivity contribution in [1.29, 1.82) is 5.26 Å². The van der Waals surface area contributed by atoms with Crippen LogP contribution >= 0.6 is 11.3 Å². The van der Waals surface area contributed by atoms with Gasteiger partial charge >= 0.3 is 17.9 Å². The average Bonchev–Trinajstić information content (AvgIpc) is 3.75. The van der Waals surface area contributed by atoms with Crippen LogP contribution in [0.5, 0.6) is 0 Å². The van der Waals surface area contributed by atoms with Gasteiger partial charge < -0.3 is 19.9 Å². The number of aromatic nitrogens is 5. The monoisotopic (exact) mass is 774 g/mol. The molecule has 2 N–H and O–H groups in total. The normalized spacial score (nSPS) is 11.6. The number of hydrogen-bond acceptors (Lipinski definition) is 16. The van der Waals surface area contributed by atoms with Gasteiger partial charge in [0.25, 0.3) is 0 Å². The van der Waals surface area contributed by atoms with Gasteiger partial charge in [0, 0.05) is 19.3 Å². The summed E-state index contributed by atoms with van der Waals surface area (Å²) < 4.78 is 39.3. The number of azo groups is 1. The van der Waals surface area contributed by atoms with Crippen LogP contribution < -0.4 is 5.32 Å². The van der Waals surface area contributed by atoms with Crippen LogP contribution in [0.4, 0.5) is 23.1 Å². The second-order valence-corrected chi connectivity index (χ2v) is 14.7. The molecule has 18 nitrogen and oxygen atoms in total. The van der Waals surface area contributed by atoms with E-state index in [1.54, 1.807) is 19.9 Å². The first-order chi connectivity index (χ1) is 25.7. The highest BCUT2D eigenvalue weighted by Gasteiger charge is 2.28. The van der Waals surface area contributed by atoms with Crippen molar-refractivity contribution in [2.45, 2.75) is 45.9 Å². The minimum absolute atomic E-state index is 0.0207. The van der Waals surface area contributed by atoms with Crippen molar-refractivity contribution in [1.82, 2.24) is 29.0 Å². The van der Waals surface area contributed by atoms with Gasteiger partial charge in [0.15, 0.2) is 17.1 Å². The lowest BCUT2D eigenvalue weighted by atomic mass is 10.1. The summed E-state index contributed by atoms with van der Waals surface area (Å²) in [5.41, 5.74) is 2.52.